The highest BCUT2D eigenvalue weighted by Crippen LogP contribution is 2.18. The number of aromatic nitrogens is 4. The highest BCUT2D eigenvalue weighted by Gasteiger charge is 2.22. The monoisotopic (exact) mass is 538 g/mol. The van der Waals surface area contributed by atoms with E-state index in [4.69, 9.17) is 4.99 Å². The van der Waals surface area contributed by atoms with Gasteiger partial charge in [-0.2, -0.15) is 0 Å². The topological polar surface area (TPSA) is 83.3 Å². The SMILES string of the molecule is Cc1nnc(CN=C(NC2CCCC2)NC2CCN(Cc3ccccn3)CC2)n1C.I. The molecule has 2 aromatic rings. The summed E-state index contributed by atoms with van der Waals surface area (Å²) >= 11 is 0. The highest BCUT2D eigenvalue weighted by atomic mass is 127. The van der Waals surface area contributed by atoms with E-state index < -0.39 is 0 Å². The number of nitrogens with zero attached hydrogens (tertiary/aromatic N) is 6. The van der Waals surface area contributed by atoms with E-state index in [9.17, 15) is 0 Å². The maximum absolute atomic E-state index is 4.86. The molecule has 1 aliphatic carbocycles. The van der Waals surface area contributed by atoms with Gasteiger partial charge in [0.05, 0.1) is 5.69 Å². The third-order valence-electron chi connectivity index (χ3n) is 6.30. The Kier molecular flexibility index (Phi) is 9.06. The van der Waals surface area contributed by atoms with Crippen molar-refractivity contribution in [2.24, 2.45) is 12.0 Å². The van der Waals surface area contributed by atoms with Gasteiger partial charge < -0.3 is 15.2 Å². The van der Waals surface area contributed by atoms with Gasteiger partial charge in [0.2, 0.25) is 0 Å². The molecular formula is C22H35IN8. The van der Waals surface area contributed by atoms with Crippen LogP contribution in [0, 0.1) is 6.92 Å². The summed E-state index contributed by atoms with van der Waals surface area (Å²) in [5, 5.41) is 15.8. The smallest absolute Gasteiger partial charge is 0.192 e. The van der Waals surface area contributed by atoms with Crippen molar-refractivity contribution in [2.75, 3.05) is 13.1 Å². The second-order valence-corrected chi connectivity index (χ2v) is 8.53. The van der Waals surface area contributed by atoms with Gasteiger partial charge in [-0.3, -0.25) is 9.88 Å². The number of guanidine groups is 1. The van der Waals surface area contributed by atoms with Crippen molar-refractivity contribution in [3.8, 4) is 0 Å². The molecule has 0 atom stereocenters. The lowest BCUT2D eigenvalue weighted by atomic mass is 10.0. The van der Waals surface area contributed by atoms with Crippen molar-refractivity contribution < 1.29 is 0 Å². The molecule has 0 aromatic carbocycles. The molecule has 2 aromatic heterocycles. The first kappa shape index (κ1) is 23.9. The Balaban J connectivity index is 0.00000272. The Morgan fingerprint density at radius 2 is 1.77 bits per heavy atom. The van der Waals surface area contributed by atoms with Crippen LogP contribution < -0.4 is 10.6 Å². The number of hydrogen-bond donors (Lipinski definition) is 2. The lowest BCUT2D eigenvalue weighted by Gasteiger charge is -2.33. The molecule has 1 aliphatic heterocycles. The molecule has 170 valence electrons. The fourth-order valence-corrected chi connectivity index (χ4v) is 4.28. The first-order valence-electron chi connectivity index (χ1n) is 11.2. The summed E-state index contributed by atoms with van der Waals surface area (Å²) in [6.45, 7) is 5.59. The molecule has 0 unspecified atom stereocenters. The molecule has 1 saturated heterocycles. The van der Waals surface area contributed by atoms with Gasteiger partial charge in [0.15, 0.2) is 11.8 Å². The number of aliphatic imine (C=N–C) groups is 1. The summed E-state index contributed by atoms with van der Waals surface area (Å²) in [5.74, 6) is 2.73. The summed E-state index contributed by atoms with van der Waals surface area (Å²) in [4.78, 5) is 11.8. The number of nitrogens with one attached hydrogen (secondary N) is 2. The van der Waals surface area contributed by atoms with E-state index in [1.807, 2.05) is 30.8 Å². The number of piperidine rings is 1. The van der Waals surface area contributed by atoms with Crippen molar-refractivity contribution in [3.63, 3.8) is 0 Å². The van der Waals surface area contributed by atoms with Crippen molar-refractivity contribution in [1.29, 1.82) is 0 Å². The largest absolute Gasteiger partial charge is 0.354 e. The Labute approximate surface area is 202 Å². The predicted molar refractivity (Wildman–Crippen MR) is 133 cm³/mol. The molecule has 3 heterocycles. The average molecular weight is 538 g/mol. The molecule has 4 rings (SSSR count). The van der Waals surface area contributed by atoms with Crippen LogP contribution in [0.1, 0.15) is 55.9 Å². The van der Waals surface area contributed by atoms with Crippen molar-refractivity contribution >= 4 is 29.9 Å². The summed E-state index contributed by atoms with van der Waals surface area (Å²) in [6.07, 6.45) is 9.17. The summed E-state index contributed by atoms with van der Waals surface area (Å²) < 4.78 is 2.01. The van der Waals surface area contributed by atoms with Crippen LogP contribution in [0.5, 0.6) is 0 Å². The van der Waals surface area contributed by atoms with Gasteiger partial charge in [-0.25, -0.2) is 4.99 Å². The number of halogens is 1. The number of aryl methyl sites for hydroxylation is 1. The van der Waals surface area contributed by atoms with Gasteiger partial charge in [-0.15, -0.1) is 34.2 Å². The molecule has 8 nitrogen and oxygen atoms in total. The lowest BCUT2D eigenvalue weighted by molar-refractivity contribution is 0.196. The average Bonchev–Trinajstić information content (AvgIpc) is 3.39. The minimum atomic E-state index is 0. The molecule has 9 heteroatoms. The number of hydrogen-bond acceptors (Lipinski definition) is 5. The quantitative estimate of drug-likeness (QED) is 0.335. The van der Waals surface area contributed by atoms with E-state index in [1.54, 1.807) is 0 Å². The van der Waals surface area contributed by atoms with Gasteiger partial charge in [0.25, 0.3) is 0 Å². The second-order valence-electron chi connectivity index (χ2n) is 8.53. The van der Waals surface area contributed by atoms with Crippen LogP contribution in [0.4, 0.5) is 0 Å². The first-order valence-corrected chi connectivity index (χ1v) is 11.2. The van der Waals surface area contributed by atoms with Crippen LogP contribution in [-0.2, 0) is 20.1 Å². The lowest BCUT2D eigenvalue weighted by Crippen LogP contribution is -2.50. The summed E-state index contributed by atoms with van der Waals surface area (Å²) in [6, 6.07) is 7.11. The second kappa shape index (κ2) is 11.8. The Bertz CT molecular complexity index is 823. The number of pyridine rings is 1. The van der Waals surface area contributed by atoms with Crippen LogP contribution in [-0.4, -0.2) is 55.8 Å². The van der Waals surface area contributed by atoms with Gasteiger partial charge in [0, 0.05) is 45.0 Å². The molecule has 0 amide bonds. The Morgan fingerprint density at radius 1 is 1.06 bits per heavy atom. The van der Waals surface area contributed by atoms with Crippen molar-refractivity contribution in [2.45, 2.75) is 70.6 Å². The highest BCUT2D eigenvalue weighted by molar-refractivity contribution is 14.0. The molecule has 0 spiro atoms. The zero-order chi connectivity index (χ0) is 20.8. The van der Waals surface area contributed by atoms with E-state index >= 15 is 0 Å². The van der Waals surface area contributed by atoms with E-state index in [2.05, 4.69) is 42.8 Å². The van der Waals surface area contributed by atoms with Gasteiger partial charge in [-0.05, 0) is 44.7 Å². The maximum atomic E-state index is 4.86. The van der Waals surface area contributed by atoms with Crippen LogP contribution in [0.3, 0.4) is 0 Å². The van der Waals surface area contributed by atoms with E-state index in [1.165, 1.54) is 25.7 Å². The molecular weight excluding hydrogens is 503 g/mol. The zero-order valence-corrected chi connectivity index (χ0v) is 21.0. The van der Waals surface area contributed by atoms with Crippen molar-refractivity contribution in [1.82, 2.24) is 35.3 Å². The van der Waals surface area contributed by atoms with Crippen LogP contribution in [0.2, 0.25) is 0 Å². The molecule has 2 aliphatic rings. The van der Waals surface area contributed by atoms with Gasteiger partial charge in [0.1, 0.15) is 12.4 Å². The number of likely N-dealkylation sites (tertiary alicyclic amines) is 1. The molecule has 31 heavy (non-hydrogen) atoms. The normalized spacial score (nSPS) is 18.7. The Morgan fingerprint density at radius 3 is 2.39 bits per heavy atom. The van der Waals surface area contributed by atoms with Crippen molar-refractivity contribution in [3.05, 3.63) is 41.7 Å². The zero-order valence-electron chi connectivity index (χ0n) is 18.6. The van der Waals surface area contributed by atoms with E-state index in [0.29, 0.717) is 18.6 Å². The van der Waals surface area contributed by atoms with E-state index in [0.717, 1.165) is 55.8 Å². The first-order chi connectivity index (χ1) is 14.7. The molecule has 0 radical (unpaired) electrons. The molecule has 0 bridgehead atoms. The number of rotatable bonds is 6. The van der Waals surface area contributed by atoms with Gasteiger partial charge >= 0.3 is 0 Å². The van der Waals surface area contributed by atoms with Gasteiger partial charge in [-0.1, -0.05) is 18.9 Å². The third kappa shape index (κ3) is 6.86. The molecule has 1 saturated carbocycles. The maximum Gasteiger partial charge on any atom is 0.192 e. The fraction of sp³-hybridized carbons (Fsp3) is 0.636. The van der Waals surface area contributed by atoms with Crippen LogP contribution in [0.15, 0.2) is 29.4 Å². The third-order valence-corrected chi connectivity index (χ3v) is 6.30. The Hall–Kier alpha value is -1.75. The minimum Gasteiger partial charge on any atom is -0.354 e. The van der Waals surface area contributed by atoms with Crippen LogP contribution >= 0.6 is 24.0 Å². The fourth-order valence-electron chi connectivity index (χ4n) is 4.28. The summed E-state index contributed by atoms with van der Waals surface area (Å²) in [7, 11) is 2.00. The minimum absolute atomic E-state index is 0. The summed E-state index contributed by atoms with van der Waals surface area (Å²) in [5.41, 5.74) is 1.15. The predicted octanol–water partition coefficient (Wildman–Crippen LogP) is 2.78. The molecule has 2 N–H and O–H groups in total. The standard InChI is InChI=1S/C22H34N8.HI/c1-17-27-28-21(29(17)2)15-24-22(25-18-7-3-4-8-18)26-19-10-13-30(14-11-19)16-20-9-5-6-12-23-20;/h5-6,9,12,18-19H,3-4,7-8,10-11,13-16H2,1-2H3,(H2,24,25,26);1H. The van der Waals surface area contributed by atoms with Crippen LogP contribution in [0.25, 0.3) is 0 Å². The molecule has 2 fully saturated rings. The van der Waals surface area contributed by atoms with E-state index in [-0.39, 0.29) is 24.0 Å².